The second kappa shape index (κ2) is 14.8. The van der Waals surface area contributed by atoms with Crippen LogP contribution in [0.5, 0.6) is 5.75 Å². The molecule has 1 aliphatic carbocycles. The Hall–Kier alpha value is -3.20. The number of benzene rings is 1. The maximum absolute atomic E-state index is 6.27. The van der Waals surface area contributed by atoms with E-state index in [4.69, 9.17) is 19.2 Å². The van der Waals surface area contributed by atoms with Gasteiger partial charge in [0.25, 0.3) is 0 Å². The summed E-state index contributed by atoms with van der Waals surface area (Å²) in [4.78, 5) is 14.0. The molecule has 1 unspecified atom stereocenters. The molecule has 8 heteroatoms. The fraction of sp³-hybridized carbons (Fsp3) is 0.484. The summed E-state index contributed by atoms with van der Waals surface area (Å²) in [5.74, 6) is 2.55. The predicted octanol–water partition coefficient (Wildman–Crippen LogP) is 5.54. The number of ether oxygens (including phenoxy) is 3. The second-order valence-corrected chi connectivity index (χ2v) is 9.99. The molecular formula is C31H45N5O3. The summed E-state index contributed by atoms with van der Waals surface area (Å²) >= 11 is 0. The predicted molar refractivity (Wildman–Crippen MR) is 159 cm³/mol. The Kier molecular flexibility index (Phi) is 10.9. The first kappa shape index (κ1) is 28.8. The molecule has 0 saturated heterocycles. The van der Waals surface area contributed by atoms with Crippen molar-refractivity contribution in [1.82, 2.24) is 19.8 Å². The molecule has 4 rings (SSSR count). The van der Waals surface area contributed by atoms with Crippen molar-refractivity contribution in [2.75, 3.05) is 65.5 Å². The number of aromatic nitrogens is 2. The van der Waals surface area contributed by atoms with Crippen LogP contribution in [0.1, 0.15) is 45.3 Å². The van der Waals surface area contributed by atoms with E-state index < -0.39 is 0 Å². The molecule has 0 saturated carbocycles. The van der Waals surface area contributed by atoms with Crippen LogP contribution in [0.4, 0.5) is 11.6 Å². The Morgan fingerprint density at radius 3 is 2.90 bits per heavy atom. The standard InChI is InChI=1S/C31H43N5O3.H2/c1-5-36(6-2)18-20-39-30-14-12-27-21-26(30)22-35(3)17-7-8-19-38-23-25-10-9-24(11-13-29(25)37-4)28-15-16-32-31(33-27)34-28;/h7-8,11-16,21,24H,5-6,9-10,17-20,22-23H2,1-4H3,(H,32,33,34);1H/b8-7+;. The van der Waals surface area contributed by atoms with Crippen LogP contribution in [-0.2, 0) is 16.0 Å². The molecule has 1 atom stereocenters. The molecule has 6 bridgehead atoms. The number of allylic oxidation sites excluding steroid dienone is 2. The number of hydrogen-bond donors (Lipinski definition) is 1. The maximum atomic E-state index is 6.27. The van der Waals surface area contributed by atoms with Crippen LogP contribution in [-0.4, -0.2) is 79.9 Å². The van der Waals surface area contributed by atoms with E-state index in [-0.39, 0.29) is 7.34 Å². The van der Waals surface area contributed by atoms with Crippen molar-refractivity contribution < 1.29 is 15.6 Å². The van der Waals surface area contributed by atoms with Gasteiger partial charge >= 0.3 is 0 Å². The Balaban J connectivity index is 0.00000441. The molecular weight excluding hydrogens is 490 g/mol. The summed E-state index contributed by atoms with van der Waals surface area (Å²) < 4.78 is 17.9. The minimum atomic E-state index is 0. The van der Waals surface area contributed by atoms with Crippen LogP contribution in [0.2, 0.25) is 0 Å². The van der Waals surface area contributed by atoms with Crippen LogP contribution in [0.3, 0.4) is 0 Å². The SMILES string of the molecule is CCN(CC)CCOc1ccc2cc1CN(C)C/C=C/COCC1=C(OC)C=CC(CC1)c1ccnc(n1)N2.[HH]. The van der Waals surface area contributed by atoms with E-state index in [9.17, 15) is 0 Å². The normalized spacial score (nSPS) is 19.6. The summed E-state index contributed by atoms with van der Waals surface area (Å²) in [6.07, 6.45) is 12.1. The molecule has 2 aliphatic rings. The molecule has 0 fully saturated rings. The summed E-state index contributed by atoms with van der Waals surface area (Å²) in [6, 6.07) is 8.23. The Morgan fingerprint density at radius 1 is 1.21 bits per heavy atom. The summed E-state index contributed by atoms with van der Waals surface area (Å²) in [5.41, 5.74) is 4.23. The molecule has 0 radical (unpaired) electrons. The first-order chi connectivity index (χ1) is 19.1. The fourth-order valence-corrected chi connectivity index (χ4v) is 4.92. The van der Waals surface area contributed by atoms with Crippen molar-refractivity contribution >= 4 is 11.6 Å². The molecule has 39 heavy (non-hydrogen) atoms. The van der Waals surface area contributed by atoms with E-state index >= 15 is 0 Å². The van der Waals surface area contributed by atoms with Crippen molar-refractivity contribution in [3.05, 3.63) is 77.4 Å². The number of methoxy groups -OCH3 is 1. The third-order valence-corrected chi connectivity index (χ3v) is 7.25. The number of likely N-dealkylation sites (N-methyl/N-ethyl adjacent to an activating group) is 2. The van der Waals surface area contributed by atoms with Crippen LogP contribution < -0.4 is 10.1 Å². The van der Waals surface area contributed by atoms with Crippen molar-refractivity contribution in [2.45, 2.75) is 39.2 Å². The number of hydrogen-bond acceptors (Lipinski definition) is 8. The van der Waals surface area contributed by atoms with E-state index in [1.807, 2.05) is 18.3 Å². The molecule has 0 amide bonds. The van der Waals surface area contributed by atoms with Gasteiger partial charge in [0.05, 0.1) is 26.0 Å². The summed E-state index contributed by atoms with van der Waals surface area (Å²) in [7, 11) is 3.83. The zero-order chi connectivity index (χ0) is 27.5. The van der Waals surface area contributed by atoms with E-state index in [1.54, 1.807) is 7.11 Å². The molecule has 1 N–H and O–H groups in total. The van der Waals surface area contributed by atoms with Gasteiger partial charge in [-0.05, 0) is 68.9 Å². The van der Waals surface area contributed by atoms with Crippen molar-refractivity contribution in [3.8, 4) is 5.75 Å². The highest BCUT2D eigenvalue weighted by Crippen LogP contribution is 2.31. The van der Waals surface area contributed by atoms with E-state index in [0.717, 1.165) is 74.0 Å². The molecule has 0 spiro atoms. The highest BCUT2D eigenvalue weighted by Gasteiger charge is 2.18. The van der Waals surface area contributed by atoms with Crippen LogP contribution in [0.15, 0.2) is 66.1 Å². The third kappa shape index (κ3) is 8.39. The number of fused-ring (bicyclic) bond motifs is 8. The minimum Gasteiger partial charge on any atom is -0.497 e. The number of nitrogens with one attached hydrogen (secondary N) is 1. The molecule has 8 nitrogen and oxygen atoms in total. The van der Waals surface area contributed by atoms with E-state index in [2.05, 4.69) is 77.4 Å². The smallest absolute Gasteiger partial charge is 0.227 e. The van der Waals surface area contributed by atoms with Gasteiger partial charge in [-0.2, -0.15) is 0 Å². The van der Waals surface area contributed by atoms with Gasteiger partial charge in [0.1, 0.15) is 18.1 Å². The lowest BCUT2D eigenvalue weighted by Gasteiger charge is -2.21. The topological polar surface area (TPSA) is 72.0 Å². The quantitative estimate of drug-likeness (QED) is 0.464. The molecule has 1 aromatic carbocycles. The lowest BCUT2D eigenvalue weighted by molar-refractivity contribution is 0.177. The first-order valence-electron chi connectivity index (χ1n) is 14.0. The van der Waals surface area contributed by atoms with Crippen molar-refractivity contribution in [3.63, 3.8) is 0 Å². The summed E-state index contributed by atoms with van der Waals surface area (Å²) in [5, 5.41) is 3.43. The average Bonchev–Trinajstić information content (AvgIpc) is 3.16. The van der Waals surface area contributed by atoms with Gasteiger partial charge < -0.3 is 24.4 Å². The minimum absolute atomic E-state index is 0. The number of nitrogens with zero attached hydrogens (tertiary/aromatic N) is 4. The van der Waals surface area contributed by atoms with Crippen molar-refractivity contribution in [2.24, 2.45) is 0 Å². The fourth-order valence-electron chi connectivity index (χ4n) is 4.92. The lowest BCUT2D eigenvalue weighted by Crippen LogP contribution is -2.28. The highest BCUT2D eigenvalue weighted by molar-refractivity contribution is 5.57. The van der Waals surface area contributed by atoms with Crippen LogP contribution >= 0.6 is 0 Å². The largest absolute Gasteiger partial charge is 0.497 e. The average molecular weight is 536 g/mol. The summed E-state index contributed by atoms with van der Waals surface area (Å²) in [6.45, 7) is 10.6. The van der Waals surface area contributed by atoms with Gasteiger partial charge in [-0.1, -0.05) is 32.1 Å². The highest BCUT2D eigenvalue weighted by atomic mass is 16.5. The van der Waals surface area contributed by atoms with E-state index in [1.165, 1.54) is 5.57 Å². The zero-order valence-corrected chi connectivity index (χ0v) is 23.9. The van der Waals surface area contributed by atoms with Gasteiger partial charge in [0.2, 0.25) is 5.95 Å². The van der Waals surface area contributed by atoms with Gasteiger partial charge in [-0.3, -0.25) is 4.90 Å². The first-order valence-corrected chi connectivity index (χ1v) is 14.0. The Bertz CT molecular complexity index is 1170. The second-order valence-electron chi connectivity index (χ2n) is 9.99. The van der Waals surface area contributed by atoms with Crippen LogP contribution in [0, 0.1) is 0 Å². The maximum Gasteiger partial charge on any atom is 0.227 e. The Morgan fingerprint density at radius 2 is 2.08 bits per heavy atom. The lowest BCUT2D eigenvalue weighted by atomic mass is 9.98. The number of anilines is 2. The van der Waals surface area contributed by atoms with Crippen LogP contribution in [0.25, 0.3) is 0 Å². The molecule has 2 heterocycles. The van der Waals surface area contributed by atoms with Gasteiger partial charge in [0, 0.05) is 44.4 Å². The number of rotatable bonds is 7. The van der Waals surface area contributed by atoms with Crippen molar-refractivity contribution in [1.29, 1.82) is 0 Å². The van der Waals surface area contributed by atoms with E-state index in [0.29, 0.717) is 25.8 Å². The monoisotopic (exact) mass is 535 g/mol. The van der Waals surface area contributed by atoms with Gasteiger partial charge in [-0.15, -0.1) is 0 Å². The Labute approximate surface area is 234 Å². The molecule has 212 valence electrons. The molecule has 2 aromatic rings. The molecule has 1 aromatic heterocycles. The van der Waals surface area contributed by atoms with Gasteiger partial charge in [0.15, 0.2) is 0 Å². The zero-order valence-electron chi connectivity index (χ0n) is 23.9. The third-order valence-electron chi connectivity index (χ3n) is 7.25. The van der Waals surface area contributed by atoms with Gasteiger partial charge in [-0.25, -0.2) is 9.97 Å². The molecule has 1 aliphatic heterocycles.